The molecule has 4 rings (SSSR count). The van der Waals surface area contributed by atoms with Crippen LogP contribution in [0.1, 0.15) is 50.0 Å². The number of nitrogens with one attached hydrogen (secondary N) is 1. The molecule has 4 heteroatoms. The number of hydrogen-bond acceptors (Lipinski definition) is 3. The van der Waals surface area contributed by atoms with Gasteiger partial charge in [0.15, 0.2) is 0 Å². The predicted octanol–water partition coefficient (Wildman–Crippen LogP) is 3.27. The van der Waals surface area contributed by atoms with E-state index in [1.54, 1.807) is 0 Å². The highest BCUT2D eigenvalue weighted by molar-refractivity contribution is 5.67. The average Bonchev–Trinajstić information content (AvgIpc) is 2.95. The van der Waals surface area contributed by atoms with Crippen LogP contribution in [0.4, 0.5) is 5.69 Å². The van der Waals surface area contributed by atoms with Crippen LogP contribution >= 0.6 is 0 Å². The maximum Gasteiger partial charge on any atom is 0.145 e. The van der Waals surface area contributed by atoms with Gasteiger partial charge in [0.2, 0.25) is 0 Å². The summed E-state index contributed by atoms with van der Waals surface area (Å²) in [5.41, 5.74) is 7.70. The molecule has 0 bridgehead atoms. The normalized spacial score (nSPS) is 22.5. The monoisotopic (exact) mass is 243 g/mol. The predicted molar refractivity (Wildman–Crippen MR) is 69.5 cm³/mol. The first-order valence-corrected chi connectivity index (χ1v) is 6.67. The summed E-state index contributed by atoms with van der Waals surface area (Å²) in [6.07, 6.45) is 6.83. The van der Waals surface area contributed by atoms with Gasteiger partial charge < -0.3 is 4.40 Å². The van der Waals surface area contributed by atoms with Crippen molar-refractivity contribution in [3.8, 4) is 0 Å². The standard InChI is InChI=1S/C14H17N3O/c1-8(2)13-12-10(16-18-13)5-6-17-11(9-3-4-9)7-15-14(12)17/h5-9,13,16H,3-4H2,1-2H3. The van der Waals surface area contributed by atoms with E-state index in [2.05, 4.69) is 41.0 Å². The van der Waals surface area contributed by atoms with Crippen LogP contribution in [-0.2, 0) is 4.84 Å². The Balaban J connectivity index is 1.94. The lowest BCUT2D eigenvalue weighted by Crippen LogP contribution is -2.07. The van der Waals surface area contributed by atoms with Crippen LogP contribution in [0.25, 0.3) is 5.65 Å². The minimum Gasteiger partial charge on any atom is -0.303 e. The van der Waals surface area contributed by atoms with Gasteiger partial charge in [-0.05, 0) is 24.8 Å². The highest BCUT2D eigenvalue weighted by Crippen LogP contribution is 2.43. The van der Waals surface area contributed by atoms with Gasteiger partial charge in [0.1, 0.15) is 11.8 Å². The third-order valence-electron chi connectivity index (χ3n) is 3.93. The van der Waals surface area contributed by atoms with Crippen molar-refractivity contribution >= 4 is 11.3 Å². The van der Waals surface area contributed by atoms with Gasteiger partial charge in [-0.15, -0.1) is 0 Å². The summed E-state index contributed by atoms with van der Waals surface area (Å²) in [7, 11) is 0. The zero-order chi connectivity index (χ0) is 12.3. The average molecular weight is 243 g/mol. The summed E-state index contributed by atoms with van der Waals surface area (Å²) >= 11 is 0. The van der Waals surface area contributed by atoms with Crippen molar-refractivity contribution in [3.05, 3.63) is 29.7 Å². The Morgan fingerprint density at radius 2 is 2.28 bits per heavy atom. The van der Waals surface area contributed by atoms with E-state index in [0.717, 1.165) is 11.3 Å². The van der Waals surface area contributed by atoms with E-state index < -0.39 is 0 Å². The molecule has 1 atom stereocenters. The minimum atomic E-state index is 0.0955. The van der Waals surface area contributed by atoms with Gasteiger partial charge in [-0.25, -0.2) is 4.98 Å². The van der Waals surface area contributed by atoms with Gasteiger partial charge in [-0.3, -0.25) is 10.3 Å². The second-order valence-electron chi connectivity index (χ2n) is 5.68. The molecule has 2 aromatic heterocycles. The van der Waals surface area contributed by atoms with Crippen LogP contribution in [0.5, 0.6) is 0 Å². The first-order chi connectivity index (χ1) is 8.75. The fourth-order valence-electron chi connectivity index (χ4n) is 2.80. The van der Waals surface area contributed by atoms with E-state index in [1.165, 1.54) is 24.1 Å². The molecule has 2 aliphatic rings. The second kappa shape index (κ2) is 3.48. The summed E-state index contributed by atoms with van der Waals surface area (Å²) < 4.78 is 2.24. The molecule has 2 aromatic rings. The molecule has 94 valence electrons. The number of rotatable bonds is 2. The minimum absolute atomic E-state index is 0.0955. The number of hydrogen-bond donors (Lipinski definition) is 1. The lowest BCUT2D eigenvalue weighted by molar-refractivity contribution is 0.0823. The highest BCUT2D eigenvalue weighted by atomic mass is 16.7. The fraction of sp³-hybridized carbons (Fsp3) is 0.500. The van der Waals surface area contributed by atoms with Crippen molar-refractivity contribution in [2.24, 2.45) is 5.92 Å². The molecule has 0 aromatic carbocycles. The number of pyridine rings is 1. The molecule has 1 fully saturated rings. The molecule has 3 heterocycles. The topological polar surface area (TPSA) is 38.6 Å². The first kappa shape index (κ1) is 10.4. The van der Waals surface area contributed by atoms with Crippen LogP contribution in [-0.4, -0.2) is 9.38 Å². The lowest BCUT2D eigenvalue weighted by atomic mass is 9.99. The Kier molecular flexibility index (Phi) is 2.01. The van der Waals surface area contributed by atoms with Gasteiger partial charge in [-0.2, -0.15) is 0 Å². The van der Waals surface area contributed by atoms with Crippen LogP contribution in [0.15, 0.2) is 18.5 Å². The Labute approximate surface area is 106 Å². The quantitative estimate of drug-likeness (QED) is 0.879. The summed E-state index contributed by atoms with van der Waals surface area (Å²) in [5, 5.41) is 0. The smallest absolute Gasteiger partial charge is 0.145 e. The largest absolute Gasteiger partial charge is 0.303 e. The van der Waals surface area contributed by atoms with Crippen molar-refractivity contribution < 1.29 is 4.84 Å². The molecule has 4 nitrogen and oxygen atoms in total. The van der Waals surface area contributed by atoms with Gasteiger partial charge in [0, 0.05) is 24.0 Å². The van der Waals surface area contributed by atoms with E-state index in [0.29, 0.717) is 11.8 Å². The van der Waals surface area contributed by atoms with Crippen molar-refractivity contribution in [2.45, 2.75) is 38.7 Å². The molecule has 1 aliphatic heterocycles. The third-order valence-corrected chi connectivity index (χ3v) is 3.93. The van der Waals surface area contributed by atoms with Crippen LogP contribution in [0.2, 0.25) is 0 Å². The first-order valence-electron chi connectivity index (χ1n) is 6.67. The molecule has 0 spiro atoms. The maximum absolute atomic E-state index is 5.67. The van der Waals surface area contributed by atoms with Crippen molar-refractivity contribution in [1.82, 2.24) is 9.38 Å². The SMILES string of the molecule is CC(C)C1ONc2ccn3c(C4CC4)cnc3c21. The molecule has 18 heavy (non-hydrogen) atoms. The number of imidazole rings is 1. The summed E-state index contributed by atoms with van der Waals surface area (Å²) in [6.45, 7) is 4.35. The Bertz CT molecular complexity index is 613. The van der Waals surface area contributed by atoms with E-state index in [4.69, 9.17) is 4.84 Å². The summed E-state index contributed by atoms with van der Waals surface area (Å²) in [6, 6.07) is 2.10. The number of anilines is 1. The Morgan fingerprint density at radius 1 is 1.44 bits per heavy atom. The summed E-state index contributed by atoms with van der Waals surface area (Å²) in [5.74, 6) is 1.15. The number of nitrogens with zero attached hydrogens (tertiary/aromatic N) is 2. The molecular weight excluding hydrogens is 226 g/mol. The van der Waals surface area contributed by atoms with E-state index in [-0.39, 0.29) is 6.10 Å². The molecule has 1 aliphatic carbocycles. The molecule has 0 saturated heterocycles. The molecular formula is C14H17N3O. The van der Waals surface area contributed by atoms with E-state index >= 15 is 0 Å². The highest BCUT2D eigenvalue weighted by Gasteiger charge is 2.32. The summed E-state index contributed by atoms with van der Waals surface area (Å²) in [4.78, 5) is 10.3. The zero-order valence-electron chi connectivity index (χ0n) is 10.7. The number of fused-ring (bicyclic) bond motifs is 3. The van der Waals surface area contributed by atoms with Gasteiger partial charge in [0.25, 0.3) is 0 Å². The van der Waals surface area contributed by atoms with Gasteiger partial charge in [-0.1, -0.05) is 13.8 Å². The van der Waals surface area contributed by atoms with Crippen molar-refractivity contribution in [1.29, 1.82) is 0 Å². The number of aromatic nitrogens is 2. The molecule has 0 amide bonds. The zero-order valence-corrected chi connectivity index (χ0v) is 10.7. The Morgan fingerprint density at radius 3 is 3.00 bits per heavy atom. The van der Waals surface area contributed by atoms with Crippen molar-refractivity contribution in [3.63, 3.8) is 0 Å². The van der Waals surface area contributed by atoms with Gasteiger partial charge >= 0.3 is 0 Å². The fourth-order valence-corrected chi connectivity index (χ4v) is 2.80. The van der Waals surface area contributed by atoms with E-state index in [9.17, 15) is 0 Å². The third kappa shape index (κ3) is 1.32. The van der Waals surface area contributed by atoms with Crippen molar-refractivity contribution in [2.75, 3.05) is 5.48 Å². The van der Waals surface area contributed by atoms with Gasteiger partial charge in [0.05, 0.1) is 11.3 Å². The van der Waals surface area contributed by atoms with Crippen LogP contribution in [0, 0.1) is 5.92 Å². The van der Waals surface area contributed by atoms with Crippen LogP contribution in [0.3, 0.4) is 0 Å². The lowest BCUT2D eigenvalue weighted by Gasteiger charge is -2.13. The maximum atomic E-state index is 5.67. The molecule has 0 radical (unpaired) electrons. The molecule has 1 saturated carbocycles. The van der Waals surface area contributed by atoms with E-state index in [1.807, 2.05) is 6.20 Å². The second-order valence-corrected chi connectivity index (χ2v) is 5.68. The molecule has 1 N–H and O–H groups in total. The van der Waals surface area contributed by atoms with Crippen LogP contribution < -0.4 is 5.48 Å². The molecule has 1 unspecified atom stereocenters. The Hall–Kier alpha value is -1.55.